The molecule has 2 aliphatic rings. The number of carbonyl (C=O) groups excluding carboxylic acids is 1. The van der Waals surface area contributed by atoms with Crippen LogP contribution in [0.25, 0.3) is 0 Å². The molecule has 3 N–H and O–H groups in total. The van der Waals surface area contributed by atoms with Gasteiger partial charge in [0.15, 0.2) is 17.8 Å². The second kappa shape index (κ2) is 6.16. The molecule has 0 bridgehead atoms. The molecule has 2 heterocycles. The Morgan fingerprint density at radius 2 is 2.14 bits per heavy atom. The average Bonchev–Trinajstić information content (AvgIpc) is 2.80. The summed E-state index contributed by atoms with van der Waals surface area (Å²) in [7, 11) is 0. The Bertz CT molecular complexity index is 547. The Labute approximate surface area is 132 Å². The number of hydrogen-bond acceptors (Lipinski definition) is 5. The van der Waals surface area contributed by atoms with E-state index >= 15 is 4.48 Å². The number of nitrogens with two attached hydrogens (primary N) is 1. The number of aliphatic hydroxyl groups excluding tert-OH is 1. The maximum atomic E-state index is 15.8. The van der Waals surface area contributed by atoms with Crippen LogP contribution >= 0.6 is 11.8 Å². The molecule has 2 fully saturated rings. The Balaban J connectivity index is 2.00. The molecular weight excluding hydrogens is 307 g/mol. The molecule has 5 nitrogen and oxygen atoms in total. The summed E-state index contributed by atoms with van der Waals surface area (Å²) in [6, 6.07) is 7.62. The lowest BCUT2D eigenvalue weighted by Crippen LogP contribution is -2.56. The minimum absolute atomic E-state index is 0.0763. The fraction of sp³-hybridized carbons (Fsp3) is 0.533. The van der Waals surface area contributed by atoms with Gasteiger partial charge in [-0.1, -0.05) is 18.2 Å². The van der Waals surface area contributed by atoms with Crippen molar-refractivity contribution >= 4 is 23.5 Å². The van der Waals surface area contributed by atoms with Crippen molar-refractivity contribution in [3.05, 3.63) is 30.3 Å². The fourth-order valence-corrected chi connectivity index (χ4v) is 4.54. The number of carbonyl (C=O) groups is 1. The SMILES string of the molecule is NC[C@@H]1OC(=O)[N@@+](F)(c2ccccc2)[C@@H]1[C@@H]1CCSC(O)C1. The second-order valence-electron chi connectivity index (χ2n) is 5.73. The van der Waals surface area contributed by atoms with Gasteiger partial charge in [0.2, 0.25) is 0 Å². The molecule has 0 aromatic heterocycles. The summed E-state index contributed by atoms with van der Waals surface area (Å²) in [5, 5.41) is 9.88. The van der Waals surface area contributed by atoms with Crippen molar-refractivity contribution in [3.63, 3.8) is 0 Å². The van der Waals surface area contributed by atoms with E-state index in [1.54, 1.807) is 30.3 Å². The van der Waals surface area contributed by atoms with Crippen LogP contribution in [0.1, 0.15) is 12.8 Å². The van der Waals surface area contributed by atoms with Crippen molar-refractivity contribution < 1.29 is 19.1 Å². The summed E-state index contributed by atoms with van der Waals surface area (Å²) in [6.45, 7) is 0.0763. The third-order valence-corrected chi connectivity index (χ3v) is 5.51. The van der Waals surface area contributed by atoms with Gasteiger partial charge in [0.1, 0.15) is 0 Å². The zero-order valence-corrected chi connectivity index (χ0v) is 12.9. The van der Waals surface area contributed by atoms with Gasteiger partial charge in [-0.05, 0) is 18.6 Å². The Morgan fingerprint density at radius 1 is 1.41 bits per heavy atom. The first kappa shape index (κ1) is 15.7. The number of ether oxygens (including phenoxy) is 1. The Morgan fingerprint density at radius 3 is 2.77 bits per heavy atom. The molecule has 2 saturated heterocycles. The van der Waals surface area contributed by atoms with Crippen LogP contribution in [0.3, 0.4) is 0 Å². The first-order valence-electron chi connectivity index (χ1n) is 7.42. The zero-order valence-electron chi connectivity index (χ0n) is 12.1. The molecule has 3 rings (SSSR count). The summed E-state index contributed by atoms with van der Waals surface area (Å²) < 4.78 is 19.6. The van der Waals surface area contributed by atoms with E-state index in [0.29, 0.717) is 6.42 Å². The third kappa shape index (κ3) is 2.52. The zero-order chi connectivity index (χ0) is 15.7. The summed E-state index contributed by atoms with van der Waals surface area (Å²) >= 11 is 1.46. The van der Waals surface area contributed by atoms with E-state index in [2.05, 4.69) is 0 Å². The molecule has 1 aromatic rings. The third-order valence-electron chi connectivity index (χ3n) is 4.46. The van der Waals surface area contributed by atoms with E-state index in [9.17, 15) is 9.90 Å². The number of para-hydroxylation sites is 1. The normalized spacial score (nSPS) is 38.8. The molecule has 1 amide bonds. The predicted molar refractivity (Wildman–Crippen MR) is 83.6 cm³/mol. The topological polar surface area (TPSA) is 72.5 Å². The maximum Gasteiger partial charge on any atom is 0.562 e. The van der Waals surface area contributed by atoms with Crippen LogP contribution in [0.4, 0.5) is 15.0 Å². The highest BCUT2D eigenvalue weighted by atomic mass is 32.2. The Kier molecular flexibility index (Phi) is 4.40. The van der Waals surface area contributed by atoms with Crippen molar-refractivity contribution in [2.45, 2.75) is 30.4 Å². The van der Waals surface area contributed by atoms with Gasteiger partial charge >= 0.3 is 6.09 Å². The summed E-state index contributed by atoms with van der Waals surface area (Å²) in [5.74, 6) is 0.587. The maximum absolute atomic E-state index is 15.8. The molecule has 7 heteroatoms. The van der Waals surface area contributed by atoms with Crippen molar-refractivity contribution in [2.75, 3.05) is 12.3 Å². The van der Waals surface area contributed by atoms with Crippen LogP contribution in [-0.2, 0) is 4.74 Å². The molecule has 22 heavy (non-hydrogen) atoms. The van der Waals surface area contributed by atoms with Crippen LogP contribution < -0.4 is 10.4 Å². The second-order valence-corrected chi connectivity index (χ2v) is 7.02. The monoisotopic (exact) mass is 327 g/mol. The van der Waals surface area contributed by atoms with Crippen molar-refractivity contribution in [2.24, 2.45) is 11.7 Å². The largest absolute Gasteiger partial charge is 0.562 e. The summed E-state index contributed by atoms with van der Waals surface area (Å²) in [5.41, 5.74) is 5.43. The van der Waals surface area contributed by atoms with E-state index in [1.165, 1.54) is 11.8 Å². The van der Waals surface area contributed by atoms with E-state index < -0.39 is 28.4 Å². The van der Waals surface area contributed by atoms with E-state index in [4.69, 9.17) is 10.5 Å². The molecule has 0 radical (unpaired) electrons. The molecule has 0 aliphatic carbocycles. The number of quaternary nitrogens is 1. The average molecular weight is 327 g/mol. The number of hydrogen-bond donors (Lipinski definition) is 2. The van der Waals surface area contributed by atoms with Gasteiger partial charge in [0.05, 0.1) is 5.44 Å². The molecule has 5 atom stereocenters. The van der Waals surface area contributed by atoms with Crippen molar-refractivity contribution in [1.29, 1.82) is 0 Å². The van der Waals surface area contributed by atoms with Gasteiger partial charge < -0.3 is 15.6 Å². The fourth-order valence-electron chi connectivity index (χ4n) is 3.44. The van der Waals surface area contributed by atoms with Crippen LogP contribution in [0.15, 0.2) is 30.3 Å². The number of halogens is 1. The van der Waals surface area contributed by atoms with Gasteiger partial charge in [-0.3, -0.25) is 0 Å². The highest BCUT2D eigenvalue weighted by Gasteiger charge is 2.64. The highest BCUT2D eigenvalue weighted by molar-refractivity contribution is 7.99. The minimum atomic E-state index is -1.38. The standard InChI is InChI=1S/C15H20FN2O3S/c16-18(11-4-2-1-3-5-11)14(12(9-17)21-15(18)20)10-6-7-22-13(19)8-10/h1-5,10,12-14,19H,6-9,17H2/q+1/t10-,12+,13?,14-,18-/m1/s1. The number of rotatable bonds is 3. The van der Waals surface area contributed by atoms with E-state index in [0.717, 1.165) is 12.2 Å². The molecular formula is C15H20FN2O3S+. The van der Waals surface area contributed by atoms with E-state index in [1.807, 2.05) is 0 Å². The number of aliphatic hydroxyl groups is 1. The van der Waals surface area contributed by atoms with Crippen molar-refractivity contribution in [1.82, 2.24) is 4.71 Å². The molecule has 1 unspecified atom stereocenters. The quantitative estimate of drug-likeness (QED) is 0.833. The number of amides is 1. The van der Waals surface area contributed by atoms with Gasteiger partial charge in [-0.15, -0.1) is 11.8 Å². The number of cyclic esters (lactones) is 1. The smallest absolute Gasteiger partial charge is 0.406 e. The number of benzene rings is 1. The van der Waals surface area contributed by atoms with Gasteiger partial charge in [0.25, 0.3) is 0 Å². The first-order chi connectivity index (χ1) is 10.6. The molecule has 2 aliphatic heterocycles. The van der Waals surface area contributed by atoms with Crippen LogP contribution in [-0.4, -0.2) is 41.1 Å². The Hall–Kier alpha value is -1.15. The molecule has 0 saturated carbocycles. The molecule has 120 valence electrons. The first-order valence-corrected chi connectivity index (χ1v) is 8.47. The highest BCUT2D eigenvalue weighted by Crippen LogP contribution is 2.44. The predicted octanol–water partition coefficient (Wildman–Crippen LogP) is 2.19. The number of nitrogens with zero attached hydrogens (tertiary/aromatic N) is 1. The lowest BCUT2D eigenvalue weighted by molar-refractivity contribution is 0.0168. The van der Waals surface area contributed by atoms with Crippen molar-refractivity contribution in [3.8, 4) is 0 Å². The van der Waals surface area contributed by atoms with Crippen LogP contribution in [0.5, 0.6) is 0 Å². The number of thioether (sulfide) groups is 1. The van der Waals surface area contributed by atoms with Crippen LogP contribution in [0, 0.1) is 5.92 Å². The molecule has 1 aromatic carbocycles. The summed E-state index contributed by atoms with van der Waals surface area (Å²) in [4.78, 5) is 12.3. The van der Waals surface area contributed by atoms with Gasteiger partial charge in [0, 0.05) is 33.8 Å². The molecule has 0 spiro atoms. The minimum Gasteiger partial charge on any atom is -0.406 e. The van der Waals surface area contributed by atoms with Gasteiger partial charge in [-0.25, -0.2) is 0 Å². The summed E-state index contributed by atoms with van der Waals surface area (Å²) in [6.07, 6.45) is -0.410. The van der Waals surface area contributed by atoms with Crippen LogP contribution in [0.2, 0.25) is 0 Å². The van der Waals surface area contributed by atoms with E-state index in [-0.39, 0.29) is 18.2 Å². The van der Waals surface area contributed by atoms with Gasteiger partial charge in [-0.2, -0.15) is 4.79 Å². The lowest BCUT2D eigenvalue weighted by Gasteiger charge is -2.33. The lowest BCUT2D eigenvalue weighted by atomic mass is 9.88.